The smallest absolute Gasteiger partial charge is 0.243 e. The number of carbonyl (C=O) groups excluding carboxylic acids is 2. The Morgan fingerprint density at radius 3 is 2.57 bits per heavy atom. The van der Waals surface area contributed by atoms with Gasteiger partial charge >= 0.3 is 0 Å². The lowest BCUT2D eigenvalue weighted by Crippen LogP contribution is -2.56. The Hall–Kier alpha value is -1.82. The van der Waals surface area contributed by atoms with Gasteiger partial charge in [0.2, 0.25) is 15.9 Å². The van der Waals surface area contributed by atoms with Gasteiger partial charge in [0.15, 0.2) is 5.78 Å². The van der Waals surface area contributed by atoms with E-state index in [1.807, 2.05) is 12.2 Å². The first-order valence-electron chi connectivity index (χ1n) is 11.9. The number of Topliss-reactive ketones (excluding diaryl/α,β-unsaturated/α-hetero) is 1. The van der Waals surface area contributed by atoms with Crippen LogP contribution in [0.5, 0.6) is 0 Å². The Labute approximate surface area is 213 Å². The fourth-order valence-electron chi connectivity index (χ4n) is 4.49. The van der Waals surface area contributed by atoms with Crippen LogP contribution in [0.4, 0.5) is 0 Å². The molecular weight excluding hydrogens is 492 g/mol. The molecule has 3 aliphatic rings. The monoisotopic (exact) mass is 526 g/mol. The number of allylic oxidation sites excluding steroid dienone is 1. The maximum Gasteiger partial charge on any atom is 0.243 e. The number of carbonyl (C=O) groups is 2. The zero-order valence-electron chi connectivity index (χ0n) is 20.0. The van der Waals surface area contributed by atoms with Crippen molar-refractivity contribution in [3.63, 3.8) is 0 Å². The molecular formula is C24H35ClN4O5S. The van der Waals surface area contributed by atoms with Crippen molar-refractivity contribution in [1.82, 2.24) is 14.9 Å². The number of ketones is 1. The van der Waals surface area contributed by atoms with Crippen molar-refractivity contribution in [3.8, 4) is 0 Å². The van der Waals surface area contributed by atoms with Gasteiger partial charge in [0, 0.05) is 13.1 Å². The number of halogens is 1. The number of rotatable bonds is 9. The molecule has 1 aromatic rings. The molecule has 194 valence electrons. The van der Waals surface area contributed by atoms with Crippen LogP contribution in [0.3, 0.4) is 0 Å². The van der Waals surface area contributed by atoms with Crippen LogP contribution in [-0.2, 0) is 29.9 Å². The summed E-state index contributed by atoms with van der Waals surface area (Å²) in [6, 6.07) is 4.38. The Bertz CT molecular complexity index is 1060. The van der Waals surface area contributed by atoms with Crippen molar-refractivity contribution in [2.24, 2.45) is 11.7 Å². The quantitative estimate of drug-likeness (QED) is 0.440. The molecule has 0 radical (unpaired) electrons. The molecule has 1 saturated carbocycles. The van der Waals surface area contributed by atoms with Crippen molar-refractivity contribution < 1.29 is 22.7 Å². The van der Waals surface area contributed by atoms with Gasteiger partial charge in [-0.1, -0.05) is 18.2 Å². The van der Waals surface area contributed by atoms with Gasteiger partial charge in [-0.2, -0.15) is 4.31 Å². The highest BCUT2D eigenvalue weighted by Crippen LogP contribution is 2.34. The second kappa shape index (κ2) is 11.5. The molecule has 35 heavy (non-hydrogen) atoms. The first-order chi connectivity index (χ1) is 16.3. The molecule has 2 saturated heterocycles. The van der Waals surface area contributed by atoms with Crippen molar-refractivity contribution >= 4 is 40.2 Å². The number of nitrogens with zero attached hydrogens (tertiary/aromatic N) is 1. The third kappa shape index (κ3) is 6.12. The summed E-state index contributed by atoms with van der Waals surface area (Å²) in [5.74, 6) is -0.159. The molecule has 0 bridgehead atoms. The highest BCUT2D eigenvalue weighted by Gasteiger charge is 2.40. The third-order valence-corrected chi connectivity index (χ3v) is 8.73. The van der Waals surface area contributed by atoms with Gasteiger partial charge in [0.05, 0.1) is 30.7 Å². The van der Waals surface area contributed by atoms with Gasteiger partial charge in [0.25, 0.3) is 0 Å². The van der Waals surface area contributed by atoms with E-state index in [2.05, 4.69) is 10.6 Å². The molecule has 0 aromatic heterocycles. The van der Waals surface area contributed by atoms with Crippen LogP contribution in [0.2, 0.25) is 0 Å². The number of ether oxygens (including phenoxy) is 1. The van der Waals surface area contributed by atoms with E-state index >= 15 is 0 Å². The van der Waals surface area contributed by atoms with E-state index in [0.717, 1.165) is 25.8 Å². The normalized spacial score (nSPS) is 23.0. The molecule has 2 aliphatic heterocycles. The van der Waals surface area contributed by atoms with E-state index in [1.54, 1.807) is 19.1 Å². The summed E-state index contributed by atoms with van der Waals surface area (Å²) in [6.07, 6.45) is 7.67. The second-order valence-corrected chi connectivity index (χ2v) is 11.3. The summed E-state index contributed by atoms with van der Waals surface area (Å²) in [5.41, 5.74) is 5.49. The number of hydrogen-bond acceptors (Lipinski definition) is 7. The van der Waals surface area contributed by atoms with Gasteiger partial charge < -0.3 is 21.1 Å². The summed E-state index contributed by atoms with van der Waals surface area (Å²) in [7, 11) is -3.72. The highest BCUT2D eigenvalue weighted by molar-refractivity contribution is 7.89. The number of nitrogens with two attached hydrogens (primary N) is 1. The molecule has 3 fully saturated rings. The summed E-state index contributed by atoms with van der Waals surface area (Å²) in [4.78, 5) is 26.2. The topological polar surface area (TPSA) is 131 Å². The fourth-order valence-corrected chi connectivity index (χ4v) is 5.94. The van der Waals surface area contributed by atoms with Crippen LogP contribution in [0, 0.1) is 5.92 Å². The lowest BCUT2D eigenvalue weighted by atomic mass is 9.83. The largest absolute Gasteiger partial charge is 0.379 e. The predicted octanol–water partition coefficient (Wildman–Crippen LogP) is 1.16. The average Bonchev–Trinajstić information content (AvgIpc) is 3.52. The molecule has 4 N–H and O–H groups in total. The van der Waals surface area contributed by atoms with Gasteiger partial charge in [0.1, 0.15) is 5.54 Å². The minimum atomic E-state index is -3.72. The molecule has 4 rings (SSSR count). The number of amides is 1. The SMILES string of the molecule is C[C@@](NC(=O)[C@@H]1CCCN1)(C(=O)CN)c1ccc(S(=O)(=O)N2CCOCC2)cc1/C=C/C1CC1.Cl. The number of sulfonamides is 1. The molecule has 1 aliphatic carbocycles. The first kappa shape index (κ1) is 27.8. The molecule has 9 nitrogen and oxygen atoms in total. The van der Waals surface area contributed by atoms with Crippen LogP contribution >= 0.6 is 12.4 Å². The number of nitrogens with one attached hydrogen (secondary N) is 2. The van der Waals surface area contributed by atoms with Gasteiger partial charge in [-0.15, -0.1) is 12.4 Å². The van der Waals surface area contributed by atoms with Crippen LogP contribution in [0.1, 0.15) is 43.7 Å². The lowest BCUT2D eigenvalue weighted by Gasteiger charge is -2.33. The molecule has 1 amide bonds. The van der Waals surface area contributed by atoms with Crippen molar-refractivity contribution in [2.75, 3.05) is 39.4 Å². The van der Waals surface area contributed by atoms with Crippen LogP contribution in [0.25, 0.3) is 6.08 Å². The van der Waals surface area contributed by atoms with E-state index in [0.29, 0.717) is 49.8 Å². The summed E-state index contributed by atoms with van der Waals surface area (Å²) >= 11 is 0. The van der Waals surface area contributed by atoms with E-state index in [-0.39, 0.29) is 41.6 Å². The second-order valence-electron chi connectivity index (χ2n) is 9.35. The summed E-state index contributed by atoms with van der Waals surface area (Å²) in [6.45, 7) is 3.45. The van der Waals surface area contributed by atoms with Gasteiger partial charge in [-0.3, -0.25) is 9.59 Å². The van der Waals surface area contributed by atoms with Crippen molar-refractivity contribution in [1.29, 1.82) is 0 Å². The number of hydrogen-bond donors (Lipinski definition) is 3. The summed E-state index contributed by atoms with van der Waals surface area (Å²) < 4.78 is 33.3. The van der Waals surface area contributed by atoms with Gasteiger partial charge in [-0.25, -0.2) is 8.42 Å². The molecule has 0 unspecified atom stereocenters. The Balaban J connectivity index is 0.00000342. The van der Waals surface area contributed by atoms with E-state index in [1.165, 1.54) is 10.4 Å². The fraction of sp³-hybridized carbons (Fsp3) is 0.583. The minimum absolute atomic E-state index is 0. The third-order valence-electron chi connectivity index (χ3n) is 6.83. The molecule has 2 atom stereocenters. The van der Waals surface area contributed by atoms with Crippen molar-refractivity contribution in [3.05, 3.63) is 35.4 Å². The molecule has 11 heteroatoms. The van der Waals surface area contributed by atoms with Crippen molar-refractivity contribution in [2.45, 2.75) is 49.1 Å². The molecule has 1 aromatic carbocycles. The Morgan fingerprint density at radius 1 is 1.26 bits per heavy atom. The highest BCUT2D eigenvalue weighted by atomic mass is 35.5. The molecule has 0 spiro atoms. The van der Waals surface area contributed by atoms with E-state index < -0.39 is 15.6 Å². The number of benzene rings is 1. The van der Waals surface area contributed by atoms with Gasteiger partial charge in [-0.05, 0) is 68.3 Å². The minimum Gasteiger partial charge on any atom is -0.379 e. The zero-order valence-corrected chi connectivity index (χ0v) is 21.6. The van der Waals surface area contributed by atoms with E-state index in [9.17, 15) is 18.0 Å². The lowest BCUT2D eigenvalue weighted by molar-refractivity contribution is -0.132. The van der Waals surface area contributed by atoms with Crippen LogP contribution < -0.4 is 16.4 Å². The maximum atomic E-state index is 13.3. The zero-order chi connectivity index (χ0) is 24.3. The summed E-state index contributed by atoms with van der Waals surface area (Å²) in [5, 5.41) is 6.08. The predicted molar refractivity (Wildman–Crippen MR) is 136 cm³/mol. The Morgan fingerprint density at radius 2 is 1.97 bits per heavy atom. The standard InChI is InChI=1S/C24H34N4O5S.ClH/c1-24(22(29)16-25,27-23(30)21-3-2-10-26-21)20-9-8-19(15-18(20)7-6-17-4-5-17)34(31,32)28-11-13-33-14-12-28;/h6-9,15,17,21,26H,2-5,10-14,16,25H2,1H3,(H,27,30);1H/b7-6+;/t21-,24-;/m0./s1. The maximum absolute atomic E-state index is 13.3. The van der Waals surface area contributed by atoms with E-state index in [4.69, 9.17) is 10.5 Å². The Kier molecular flexibility index (Phi) is 9.11. The average molecular weight is 527 g/mol. The van der Waals surface area contributed by atoms with Crippen LogP contribution in [-0.4, -0.2) is 69.8 Å². The van der Waals surface area contributed by atoms with Crippen LogP contribution in [0.15, 0.2) is 29.2 Å². The number of morpholine rings is 1. The molecule has 2 heterocycles. The first-order valence-corrected chi connectivity index (χ1v) is 13.4.